The molecule has 0 spiro atoms. The van der Waals surface area contributed by atoms with Gasteiger partial charge >= 0.3 is 5.97 Å². The van der Waals surface area contributed by atoms with Crippen LogP contribution in [-0.4, -0.2) is 32.9 Å². The van der Waals surface area contributed by atoms with Crippen LogP contribution >= 0.6 is 0 Å². The summed E-state index contributed by atoms with van der Waals surface area (Å²) in [6.45, 7) is 0.287. The molecule has 0 bridgehead atoms. The number of aromatic nitrogens is 1. The molecular formula is C20H16N2O3. The number of hydrogen-bond donors (Lipinski definition) is 1. The molecule has 5 heteroatoms. The first-order valence-electron chi connectivity index (χ1n) is 8.09. The van der Waals surface area contributed by atoms with Crippen LogP contribution < -0.4 is 0 Å². The largest absolute Gasteiger partial charge is 0.480 e. The average molecular weight is 332 g/mol. The molecular weight excluding hydrogens is 316 g/mol. The van der Waals surface area contributed by atoms with Crippen LogP contribution in [0.3, 0.4) is 0 Å². The van der Waals surface area contributed by atoms with Gasteiger partial charge in [0.1, 0.15) is 6.04 Å². The number of para-hydroxylation sites is 1. The molecule has 1 atom stereocenters. The molecule has 5 nitrogen and oxygen atoms in total. The van der Waals surface area contributed by atoms with Crippen LogP contribution in [0.4, 0.5) is 0 Å². The van der Waals surface area contributed by atoms with E-state index in [2.05, 4.69) is 4.98 Å². The lowest BCUT2D eigenvalue weighted by atomic mass is 9.93. The standard InChI is InChI=1S/C20H16N2O3/c23-19(16-9-3-7-13-8-4-10-21-18(13)16)22-12-15-6-2-1-5-14(15)11-17(22)20(24)25/h1-10,17H,11-12H2,(H,24,25)/t17-/m0/s1. The number of rotatable bonds is 2. The maximum Gasteiger partial charge on any atom is 0.326 e. The number of amides is 1. The third-order valence-electron chi connectivity index (χ3n) is 4.66. The summed E-state index contributed by atoms with van der Waals surface area (Å²) >= 11 is 0. The van der Waals surface area contributed by atoms with E-state index < -0.39 is 12.0 Å². The quantitative estimate of drug-likeness (QED) is 0.783. The maximum atomic E-state index is 13.2. The van der Waals surface area contributed by atoms with Crippen molar-refractivity contribution in [2.75, 3.05) is 0 Å². The van der Waals surface area contributed by atoms with Crippen LogP contribution in [0.1, 0.15) is 21.5 Å². The van der Waals surface area contributed by atoms with E-state index in [1.54, 1.807) is 18.3 Å². The van der Waals surface area contributed by atoms with Gasteiger partial charge in [0.15, 0.2) is 0 Å². The average Bonchev–Trinajstić information content (AvgIpc) is 2.66. The van der Waals surface area contributed by atoms with Crippen molar-refractivity contribution >= 4 is 22.8 Å². The minimum atomic E-state index is -0.990. The molecule has 0 radical (unpaired) electrons. The number of nitrogens with zero attached hydrogens (tertiary/aromatic N) is 2. The van der Waals surface area contributed by atoms with E-state index in [0.717, 1.165) is 16.5 Å². The molecule has 1 aliphatic rings. The van der Waals surface area contributed by atoms with Gasteiger partial charge in [0, 0.05) is 24.5 Å². The fraction of sp³-hybridized carbons (Fsp3) is 0.150. The number of carbonyl (C=O) groups is 2. The van der Waals surface area contributed by atoms with E-state index >= 15 is 0 Å². The summed E-state index contributed by atoms with van der Waals surface area (Å²) < 4.78 is 0. The van der Waals surface area contributed by atoms with Gasteiger partial charge in [-0.1, -0.05) is 42.5 Å². The minimum absolute atomic E-state index is 0.287. The predicted molar refractivity (Wildman–Crippen MR) is 93.2 cm³/mol. The Morgan fingerprint density at radius 3 is 2.56 bits per heavy atom. The number of aliphatic carboxylic acids is 1. The van der Waals surface area contributed by atoms with E-state index in [0.29, 0.717) is 17.5 Å². The van der Waals surface area contributed by atoms with Crippen molar-refractivity contribution in [1.82, 2.24) is 9.88 Å². The first-order chi connectivity index (χ1) is 12.1. The highest BCUT2D eigenvalue weighted by molar-refractivity contribution is 6.06. The number of carboxylic acid groups (broad SMARTS) is 1. The van der Waals surface area contributed by atoms with Crippen molar-refractivity contribution in [2.45, 2.75) is 19.0 Å². The second-order valence-corrected chi connectivity index (χ2v) is 6.14. The first kappa shape index (κ1) is 15.3. The zero-order valence-electron chi connectivity index (χ0n) is 13.4. The fourth-order valence-corrected chi connectivity index (χ4v) is 3.39. The zero-order chi connectivity index (χ0) is 17.4. The topological polar surface area (TPSA) is 70.5 Å². The SMILES string of the molecule is O=C(O)[C@@H]1Cc2ccccc2CN1C(=O)c1cccc2cccnc12. The Bertz CT molecular complexity index is 978. The lowest BCUT2D eigenvalue weighted by Gasteiger charge is -2.34. The molecule has 1 amide bonds. The molecule has 0 fully saturated rings. The summed E-state index contributed by atoms with van der Waals surface area (Å²) in [5.41, 5.74) is 3.00. The highest BCUT2D eigenvalue weighted by Gasteiger charge is 2.35. The predicted octanol–water partition coefficient (Wildman–Crippen LogP) is 2.89. The molecule has 2 aromatic carbocycles. The maximum absolute atomic E-state index is 13.2. The molecule has 0 aliphatic carbocycles. The summed E-state index contributed by atoms with van der Waals surface area (Å²) in [5, 5.41) is 10.5. The Balaban J connectivity index is 1.79. The lowest BCUT2D eigenvalue weighted by molar-refractivity contribution is -0.142. The van der Waals surface area contributed by atoms with Crippen LogP contribution in [0, 0.1) is 0 Å². The highest BCUT2D eigenvalue weighted by atomic mass is 16.4. The van der Waals surface area contributed by atoms with Gasteiger partial charge in [-0.3, -0.25) is 9.78 Å². The third-order valence-corrected chi connectivity index (χ3v) is 4.66. The molecule has 0 saturated heterocycles. The van der Waals surface area contributed by atoms with Gasteiger partial charge in [-0.2, -0.15) is 0 Å². The van der Waals surface area contributed by atoms with Crippen molar-refractivity contribution in [3.05, 3.63) is 77.5 Å². The first-order valence-corrected chi connectivity index (χ1v) is 8.09. The normalized spacial score (nSPS) is 16.5. The van der Waals surface area contributed by atoms with Crippen molar-refractivity contribution in [2.24, 2.45) is 0 Å². The van der Waals surface area contributed by atoms with Crippen molar-refractivity contribution < 1.29 is 14.7 Å². The highest BCUT2D eigenvalue weighted by Crippen LogP contribution is 2.27. The molecule has 124 valence electrons. The summed E-state index contributed by atoms with van der Waals surface area (Å²) in [7, 11) is 0. The van der Waals surface area contributed by atoms with Crippen LogP contribution in [0.15, 0.2) is 60.8 Å². The number of carboxylic acids is 1. The summed E-state index contributed by atoms with van der Waals surface area (Å²) in [5.74, 6) is -1.29. The summed E-state index contributed by atoms with van der Waals surface area (Å²) in [4.78, 5) is 30.7. The lowest BCUT2D eigenvalue weighted by Crippen LogP contribution is -2.48. The minimum Gasteiger partial charge on any atom is -0.480 e. The molecule has 1 N–H and O–H groups in total. The summed E-state index contributed by atoms with van der Waals surface area (Å²) in [6.07, 6.45) is 1.95. The molecule has 25 heavy (non-hydrogen) atoms. The monoisotopic (exact) mass is 332 g/mol. The van der Waals surface area contributed by atoms with Gasteiger partial charge in [0.2, 0.25) is 0 Å². The van der Waals surface area contributed by atoms with Crippen LogP contribution in [0.2, 0.25) is 0 Å². The molecule has 1 aromatic heterocycles. The van der Waals surface area contributed by atoms with E-state index in [9.17, 15) is 14.7 Å². The number of carbonyl (C=O) groups excluding carboxylic acids is 1. The number of fused-ring (bicyclic) bond motifs is 2. The third kappa shape index (κ3) is 2.63. The molecule has 1 aliphatic heterocycles. The number of hydrogen-bond acceptors (Lipinski definition) is 3. The van der Waals surface area contributed by atoms with Crippen molar-refractivity contribution in [3.8, 4) is 0 Å². The summed E-state index contributed by atoms with van der Waals surface area (Å²) in [6, 6.07) is 15.9. The zero-order valence-corrected chi connectivity index (χ0v) is 13.4. The van der Waals surface area contributed by atoms with Gasteiger partial charge in [-0.15, -0.1) is 0 Å². The van der Waals surface area contributed by atoms with Crippen molar-refractivity contribution in [3.63, 3.8) is 0 Å². The van der Waals surface area contributed by atoms with Crippen molar-refractivity contribution in [1.29, 1.82) is 0 Å². The molecule has 0 saturated carbocycles. The molecule has 3 aromatic rings. The van der Waals surface area contributed by atoms with E-state index in [1.165, 1.54) is 4.90 Å². The number of pyridine rings is 1. The van der Waals surface area contributed by atoms with Gasteiger partial charge in [-0.05, 0) is 23.3 Å². The second kappa shape index (κ2) is 6.02. The smallest absolute Gasteiger partial charge is 0.326 e. The Kier molecular flexibility index (Phi) is 3.69. The molecule has 0 unspecified atom stereocenters. The van der Waals surface area contributed by atoms with Crippen LogP contribution in [0.25, 0.3) is 10.9 Å². The van der Waals surface area contributed by atoms with Crippen LogP contribution in [-0.2, 0) is 17.8 Å². The Hall–Kier alpha value is -3.21. The Morgan fingerprint density at radius 2 is 1.76 bits per heavy atom. The fourth-order valence-electron chi connectivity index (χ4n) is 3.39. The van der Waals surface area contributed by atoms with Gasteiger partial charge < -0.3 is 10.0 Å². The van der Waals surface area contributed by atoms with Gasteiger partial charge in [-0.25, -0.2) is 4.79 Å². The number of benzene rings is 2. The second-order valence-electron chi connectivity index (χ2n) is 6.14. The van der Waals surface area contributed by atoms with E-state index in [1.807, 2.05) is 42.5 Å². The Labute approximate surface area is 144 Å². The Morgan fingerprint density at radius 1 is 1.00 bits per heavy atom. The van der Waals surface area contributed by atoms with E-state index in [-0.39, 0.29) is 12.5 Å². The van der Waals surface area contributed by atoms with Crippen LogP contribution in [0.5, 0.6) is 0 Å². The van der Waals surface area contributed by atoms with E-state index in [4.69, 9.17) is 0 Å². The van der Waals surface area contributed by atoms with Gasteiger partial charge in [0.25, 0.3) is 5.91 Å². The molecule has 2 heterocycles. The molecule has 4 rings (SSSR count). The van der Waals surface area contributed by atoms with Gasteiger partial charge in [0.05, 0.1) is 11.1 Å².